The van der Waals surface area contributed by atoms with Crippen molar-refractivity contribution in [3.8, 4) is 11.1 Å². The van der Waals surface area contributed by atoms with E-state index in [-0.39, 0.29) is 11.1 Å². The van der Waals surface area contributed by atoms with Gasteiger partial charge in [0.25, 0.3) is 11.8 Å². The average Bonchev–Trinajstić information content (AvgIpc) is 3.10. The van der Waals surface area contributed by atoms with Crippen molar-refractivity contribution in [3.05, 3.63) is 65.6 Å². The minimum Gasteiger partial charge on any atom is -0.306 e. The molecular formula is C19H16F3N5O4S. The first kappa shape index (κ1) is 22.9. The number of pyridine rings is 1. The van der Waals surface area contributed by atoms with Crippen LogP contribution in [0.4, 0.5) is 19.0 Å². The molecule has 2 N–H and O–H groups in total. The number of carbonyl (C=O) groups is 2. The van der Waals surface area contributed by atoms with E-state index in [0.717, 1.165) is 15.0 Å². The van der Waals surface area contributed by atoms with Crippen LogP contribution in [0.15, 0.2) is 48.8 Å². The van der Waals surface area contributed by atoms with Crippen molar-refractivity contribution >= 4 is 27.7 Å². The number of sulfonamides is 1. The molecule has 0 bridgehead atoms. The number of hydrogen-bond donors (Lipinski definition) is 2. The second-order valence-electron chi connectivity index (χ2n) is 6.61. The number of rotatable bonds is 5. The normalized spacial score (nSPS) is 11.8. The SMILES string of the molecule is Cc1cccnc1NC(=O)c1ccc(-c2cnn(C)c2C(=O)NS(=O)(=O)C(F)(F)F)cc1. The van der Waals surface area contributed by atoms with Gasteiger partial charge in [0.1, 0.15) is 11.5 Å². The van der Waals surface area contributed by atoms with Gasteiger partial charge in [0.15, 0.2) is 0 Å². The predicted molar refractivity (Wildman–Crippen MR) is 108 cm³/mol. The smallest absolute Gasteiger partial charge is 0.306 e. The van der Waals surface area contributed by atoms with Gasteiger partial charge in [0.05, 0.1) is 6.20 Å². The molecule has 2 aromatic heterocycles. The maximum atomic E-state index is 12.6. The fourth-order valence-electron chi connectivity index (χ4n) is 2.74. The Hall–Kier alpha value is -3.74. The summed E-state index contributed by atoms with van der Waals surface area (Å²) in [5.41, 5.74) is -4.62. The zero-order chi connectivity index (χ0) is 23.7. The van der Waals surface area contributed by atoms with Gasteiger partial charge in [0, 0.05) is 24.4 Å². The molecule has 32 heavy (non-hydrogen) atoms. The molecule has 0 aliphatic heterocycles. The minimum atomic E-state index is -5.89. The third kappa shape index (κ3) is 4.61. The van der Waals surface area contributed by atoms with E-state index in [1.54, 1.807) is 19.1 Å². The van der Waals surface area contributed by atoms with Gasteiger partial charge in [-0.25, -0.2) is 9.71 Å². The third-order valence-electron chi connectivity index (χ3n) is 4.39. The van der Waals surface area contributed by atoms with E-state index < -0.39 is 33.0 Å². The lowest BCUT2D eigenvalue weighted by Gasteiger charge is -2.11. The molecule has 168 valence electrons. The van der Waals surface area contributed by atoms with Crippen LogP contribution in [0.25, 0.3) is 11.1 Å². The molecular weight excluding hydrogens is 451 g/mol. The topological polar surface area (TPSA) is 123 Å². The van der Waals surface area contributed by atoms with Gasteiger partial charge < -0.3 is 5.32 Å². The molecule has 0 radical (unpaired) electrons. The van der Waals surface area contributed by atoms with Gasteiger partial charge >= 0.3 is 15.5 Å². The zero-order valence-electron chi connectivity index (χ0n) is 16.6. The van der Waals surface area contributed by atoms with Crippen LogP contribution in [-0.2, 0) is 17.1 Å². The Balaban J connectivity index is 1.85. The standard InChI is InChI=1S/C19H16F3N5O4S/c1-11-4-3-9-23-16(11)25-17(28)13-7-5-12(6-8-13)14-10-24-27(2)15(14)18(29)26-32(30,31)19(20,21)22/h3-10H,1-2H3,(H,26,29)(H,23,25,28). The Morgan fingerprint density at radius 2 is 1.72 bits per heavy atom. The first-order chi connectivity index (χ1) is 14.9. The van der Waals surface area contributed by atoms with E-state index in [0.29, 0.717) is 11.4 Å². The van der Waals surface area contributed by atoms with Crippen molar-refractivity contribution < 1.29 is 31.2 Å². The van der Waals surface area contributed by atoms with E-state index >= 15 is 0 Å². The first-order valence-electron chi connectivity index (χ1n) is 8.89. The molecule has 2 heterocycles. The minimum absolute atomic E-state index is 0.0786. The molecule has 0 atom stereocenters. The van der Waals surface area contributed by atoms with Crippen LogP contribution >= 0.6 is 0 Å². The number of alkyl halides is 3. The number of halogens is 3. The van der Waals surface area contributed by atoms with Gasteiger partial charge in [0.2, 0.25) is 0 Å². The lowest BCUT2D eigenvalue weighted by Crippen LogP contribution is -2.41. The lowest BCUT2D eigenvalue weighted by atomic mass is 10.0. The summed E-state index contributed by atoms with van der Waals surface area (Å²) in [4.78, 5) is 28.8. The number of carbonyl (C=O) groups excluding carboxylic acids is 2. The first-order valence-corrected chi connectivity index (χ1v) is 10.4. The van der Waals surface area contributed by atoms with Crippen molar-refractivity contribution in [1.82, 2.24) is 19.5 Å². The molecule has 9 nitrogen and oxygen atoms in total. The third-order valence-corrected chi connectivity index (χ3v) is 5.45. The Kier molecular flexibility index (Phi) is 6.03. The van der Waals surface area contributed by atoms with Crippen LogP contribution < -0.4 is 10.0 Å². The summed E-state index contributed by atoms with van der Waals surface area (Å²) >= 11 is 0. The Morgan fingerprint density at radius 1 is 1.06 bits per heavy atom. The highest BCUT2D eigenvalue weighted by Crippen LogP contribution is 2.26. The van der Waals surface area contributed by atoms with Crippen LogP contribution in [0.1, 0.15) is 26.4 Å². The highest BCUT2D eigenvalue weighted by Gasteiger charge is 2.47. The summed E-state index contributed by atoms with van der Waals surface area (Å²) in [5.74, 6) is -1.55. The summed E-state index contributed by atoms with van der Waals surface area (Å²) < 4.78 is 62.3. The number of nitrogens with one attached hydrogen (secondary N) is 2. The van der Waals surface area contributed by atoms with E-state index in [1.165, 1.54) is 43.7 Å². The Morgan fingerprint density at radius 3 is 2.31 bits per heavy atom. The number of aromatic nitrogens is 3. The Labute approximate surface area is 180 Å². The number of anilines is 1. The number of nitrogens with zero attached hydrogens (tertiary/aromatic N) is 3. The fraction of sp³-hybridized carbons (Fsp3) is 0.158. The molecule has 2 amide bonds. The van der Waals surface area contributed by atoms with Gasteiger partial charge in [-0.1, -0.05) is 18.2 Å². The van der Waals surface area contributed by atoms with Crippen LogP contribution in [0.3, 0.4) is 0 Å². The van der Waals surface area contributed by atoms with E-state index in [4.69, 9.17) is 0 Å². The van der Waals surface area contributed by atoms with Crippen molar-refractivity contribution in [2.24, 2.45) is 7.05 Å². The highest BCUT2D eigenvalue weighted by molar-refractivity contribution is 7.90. The molecule has 3 rings (SSSR count). The number of aryl methyl sites for hydroxylation is 2. The van der Waals surface area contributed by atoms with E-state index in [9.17, 15) is 31.2 Å². The summed E-state index contributed by atoms with van der Waals surface area (Å²) in [6.45, 7) is 1.78. The number of benzene rings is 1. The largest absolute Gasteiger partial charge is 0.516 e. The van der Waals surface area contributed by atoms with E-state index in [2.05, 4.69) is 15.4 Å². The van der Waals surface area contributed by atoms with Crippen molar-refractivity contribution in [2.45, 2.75) is 12.4 Å². The van der Waals surface area contributed by atoms with Gasteiger partial charge in [-0.2, -0.15) is 26.7 Å². The van der Waals surface area contributed by atoms with Crippen LogP contribution in [0.5, 0.6) is 0 Å². The van der Waals surface area contributed by atoms with Crippen molar-refractivity contribution in [3.63, 3.8) is 0 Å². The maximum absolute atomic E-state index is 12.6. The quantitative estimate of drug-likeness (QED) is 0.595. The summed E-state index contributed by atoms with van der Waals surface area (Å²) in [7, 11) is -4.62. The Bertz CT molecular complexity index is 1290. The summed E-state index contributed by atoms with van der Waals surface area (Å²) in [6.07, 6.45) is 2.72. The molecule has 0 aliphatic carbocycles. The molecule has 0 unspecified atom stereocenters. The molecule has 0 aliphatic rings. The molecule has 0 spiro atoms. The molecule has 3 aromatic rings. The summed E-state index contributed by atoms with van der Waals surface area (Å²) in [6, 6.07) is 9.27. The second kappa shape index (κ2) is 8.42. The number of amides is 2. The average molecular weight is 467 g/mol. The number of hydrogen-bond acceptors (Lipinski definition) is 6. The van der Waals surface area contributed by atoms with E-state index in [1.807, 2.05) is 0 Å². The predicted octanol–water partition coefficient (Wildman–Crippen LogP) is 2.62. The van der Waals surface area contributed by atoms with Crippen molar-refractivity contribution in [2.75, 3.05) is 5.32 Å². The van der Waals surface area contributed by atoms with Gasteiger partial charge in [-0.05, 0) is 36.2 Å². The molecule has 0 saturated heterocycles. The van der Waals surface area contributed by atoms with Crippen molar-refractivity contribution in [1.29, 1.82) is 0 Å². The molecule has 0 fully saturated rings. The van der Waals surface area contributed by atoms with Crippen LogP contribution in [-0.4, -0.2) is 40.5 Å². The van der Waals surface area contributed by atoms with Crippen LogP contribution in [0.2, 0.25) is 0 Å². The zero-order valence-corrected chi connectivity index (χ0v) is 17.5. The fourth-order valence-corrected chi connectivity index (χ4v) is 3.20. The highest BCUT2D eigenvalue weighted by atomic mass is 32.2. The van der Waals surface area contributed by atoms with Gasteiger partial charge in [-0.15, -0.1) is 0 Å². The van der Waals surface area contributed by atoms with Crippen LogP contribution in [0, 0.1) is 6.92 Å². The maximum Gasteiger partial charge on any atom is 0.516 e. The molecule has 0 saturated carbocycles. The molecule has 1 aromatic carbocycles. The summed E-state index contributed by atoms with van der Waals surface area (Å²) in [5, 5.41) is 6.48. The van der Waals surface area contributed by atoms with Gasteiger partial charge in [-0.3, -0.25) is 14.3 Å². The lowest BCUT2D eigenvalue weighted by molar-refractivity contribution is -0.0446. The molecule has 13 heteroatoms. The monoisotopic (exact) mass is 467 g/mol. The second-order valence-corrected chi connectivity index (χ2v) is 8.29.